The highest BCUT2D eigenvalue weighted by molar-refractivity contribution is 9.10. The smallest absolute Gasteiger partial charge is 0.103 e. The summed E-state index contributed by atoms with van der Waals surface area (Å²) in [5.41, 5.74) is 4.06. The van der Waals surface area contributed by atoms with E-state index < -0.39 is 0 Å². The molecule has 1 atom stereocenters. The summed E-state index contributed by atoms with van der Waals surface area (Å²) in [6.45, 7) is 10.2. The van der Waals surface area contributed by atoms with Crippen molar-refractivity contribution in [2.75, 3.05) is 24.5 Å². The Kier molecular flexibility index (Phi) is 6.46. The van der Waals surface area contributed by atoms with Crippen LogP contribution >= 0.6 is 15.9 Å². The first-order chi connectivity index (χ1) is 13.0. The van der Waals surface area contributed by atoms with Gasteiger partial charge in [0.15, 0.2) is 0 Å². The van der Waals surface area contributed by atoms with Crippen molar-refractivity contribution >= 4 is 21.6 Å². The Balaban J connectivity index is 1.78. The third kappa shape index (κ3) is 4.85. The van der Waals surface area contributed by atoms with Crippen molar-refractivity contribution in [3.05, 3.63) is 51.8 Å². The molecule has 5 nitrogen and oxygen atoms in total. The molecule has 0 N–H and O–H groups in total. The van der Waals surface area contributed by atoms with E-state index in [1.807, 2.05) is 12.1 Å². The van der Waals surface area contributed by atoms with Gasteiger partial charge in [-0.2, -0.15) is 15.5 Å². The number of nitrogens with zero attached hydrogens (tertiary/aromatic N) is 5. The van der Waals surface area contributed by atoms with Crippen molar-refractivity contribution in [3.63, 3.8) is 0 Å². The number of hydrogen-bond donors (Lipinski definition) is 0. The Labute approximate surface area is 170 Å². The van der Waals surface area contributed by atoms with E-state index in [9.17, 15) is 5.26 Å². The number of rotatable bonds is 5. The minimum atomic E-state index is 0.375. The number of halogens is 1. The van der Waals surface area contributed by atoms with E-state index >= 15 is 0 Å². The van der Waals surface area contributed by atoms with Gasteiger partial charge >= 0.3 is 0 Å². The number of hydrogen-bond acceptors (Lipinski definition) is 5. The normalized spacial score (nSPS) is 17.9. The number of piperazine rings is 1. The highest BCUT2D eigenvalue weighted by Crippen LogP contribution is 2.32. The number of benzene rings is 1. The van der Waals surface area contributed by atoms with Crippen LogP contribution in [0, 0.1) is 17.2 Å². The summed E-state index contributed by atoms with van der Waals surface area (Å²) in [5, 5.41) is 17.9. The molecule has 1 aliphatic heterocycles. The molecule has 2 aromatic rings. The molecule has 1 aromatic heterocycles. The van der Waals surface area contributed by atoms with Crippen LogP contribution < -0.4 is 4.90 Å². The second kappa shape index (κ2) is 8.81. The van der Waals surface area contributed by atoms with E-state index in [1.165, 1.54) is 5.56 Å². The molecule has 6 heteroatoms. The topological polar surface area (TPSA) is 56.1 Å². The predicted octanol–water partition coefficient (Wildman–Crippen LogP) is 4.02. The monoisotopic (exact) mass is 427 g/mol. The maximum Gasteiger partial charge on any atom is 0.103 e. The van der Waals surface area contributed by atoms with Crippen LogP contribution in [-0.2, 0) is 13.0 Å². The quantitative estimate of drug-likeness (QED) is 0.720. The summed E-state index contributed by atoms with van der Waals surface area (Å²) < 4.78 is 0.896. The Morgan fingerprint density at radius 2 is 2.15 bits per heavy atom. The summed E-state index contributed by atoms with van der Waals surface area (Å²) >= 11 is 3.61. The molecule has 0 unspecified atom stereocenters. The van der Waals surface area contributed by atoms with Crippen molar-refractivity contribution in [1.82, 2.24) is 15.1 Å². The first kappa shape index (κ1) is 19.8. The molecule has 27 heavy (non-hydrogen) atoms. The first-order valence-corrected chi connectivity index (χ1v) is 10.2. The van der Waals surface area contributed by atoms with Gasteiger partial charge < -0.3 is 4.90 Å². The molecule has 0 amide bonds. The SMILES string of the molecule is CC(C)Cc1cc(Br)c(C#N)c(N2CCN(Cc3cccnn3)[C@@H](C)C2)c1. The summed E-state index contributed by atoms with van der Waals surface area (Å²) in [6.07, 6.45) is 2.72. The zero-order chi connectivity index (χ0) is 19.4. The van der Waals surface area contributed by atoms with Crippen LogP contribution in [0.1, 0.15) is 37.6 Å². The van der Waals surface area contributed by atoms with Gasteiger partial charge in [-0.25, -0.2) is 0 Å². The Morgan fingerprint density at radius 1 is 1.33 bits per heavy atom. The first-order valence-electron chi connectivity index (χ1n) is 9.46. The second-order valence-electron chi connectivity index (χ2n) is 7.66. The van der Waals surface area contributed by atoms with E-state index in [0.29, 0.717) is 12.0 Å². The molecule has 1 aliphatic rings. The summed E-state index contributed by atoms with van der Waals surface area (Å²) in [7, 11) is 0. The van der Waals surface area contributed by atoms with E-state index in [0.717, 1.165) is 54.0 Å². The lowest BCUT2D eigenvalue weighted by Gasteiger charge is -2.41. The fourth-order valence-corrected chi connectivity index (χ4v) is 4.26. The summed E-state index contributed by atoms with van der Waals surface area (Å²) in [4.78, 5) is 4.78. The van der Waals surface area contributed by atoms with E-state index in [-0.39, 0.29) is 0 Å². The highest BCUT2D eigenvalue weighted by Gasteiger charge is 2.26. The molecule has 2 heterocycles. The van der Waals surface area contributed by atoms with Crippen molar-refractivity contribution < 1.29 is 0 Å². The largest absolute Gasteiger partial charge is 0.368 e. The van der Waals surface area contributed by atoms with Crippen LogP contribution in [0.15, 0.2) is 34.9 Å². The Hall–Kier alpha value is -1.97. The van der Waals surface area contributed by atoms with Crippen LogP contribution in [0.25, 0.3) is 0 Å². The van der Waals surface area contributed by atoms with Gasteiger partial charge in [-0.1, -0.05) is 13.8 Å². The third-order valence-electron chi connectivity index (χ3n) is 4.98. The van der Waals surface area contributed by atoms with Crippen molar-refractivity contribution in [3.8, 4) is 6.07 Å². The van der Waals surface area contributed by atoms with Crippen LogP contribution in [-0.4, -0.2) is 40.8 Å². The molecule has 3 rings (SSSR count). The van der Waals surface area contributed by atoms with Crippen molar-refractivity contribution in [1.29, 1.82) is 5.26 Å². The molecular formula is C21H26BrN5. The van der Waals surface area contributed by atoms with Gasteiger partial charge in [0.1, 0.15) is 6.07 Å². The van der Waals surface area contributed by atoms with E-state index in [2.05, 4.69) is 74.9 Å². The van der Waals surface area contributed by atoms with Crippen LogP contribution in [0.3, 0.4) is 0 Å². The van der Waals surface area contributed by atoms with Gasteiger partial charge in [0.2, 0.25) is 0 Å². The van der Waals surface area contributed by atoms with Gasteiger partial charge in [0.05, 0.1) is 16.9 Å². The average molecular weight is 428 g/mol. The molecule has 0 bridgehead atoms. The number of anilines is 1. The average Bonchev–Trinajstić information content (AvgIpc) is 2.63. The maximum absolute atomic E-state index is 9.68. The Bertz CT molecular complexity index is 815. The minimum absolute atomic E-state index is 0.375. The standard InChI is InChI=1S/C21H26BrN5/c1-15(2)9-17-10-20(22)19(12-23)21(11-17)27-8-7-26(16(3)13-27)14-18-5-4-6-24-25-18/h4-6,10-11,15-16H,7-9,13-14H2,1-3H3/t16-/m0/s1. The summed E-state index contributed by atoms with van der Waals surface area (Å²) in [6, 6.07) is 11.0. The van der Waals surface area contributed by atoms with Gasteiger partial charge in [0, 0.05) is 42.9 Å². The molecule has 0 aliphatic carbocycles. The molecule has 142 valence electrons. The summed E-state index contributed by atoms with van der Waals surface area (Å²) in [5.74, 6) is 0.584. The molecule has 0 saturated carbocycles. The van der Waals surface area contributed by atoms with Gasteiger partial charge in [0.25, 0.3) is 0 Å². The second-order valence-corrected chi connectivity index (χ2v) is 8.52. The van der Waals surface area contributed by atoms with Crippen molar-refractivity contribution in [2.24, 2.45) is 5.92 Å². The van der Waals surface area contributed by atoms with E-state index in [1.54, 1.807) is 6.20 Å². The van der Waals surface area contributed by atoms with Gasteiger partial charge in [-0.05, 0) is 65.0 Å². The van der Waals surface area contributed by atoms with Crippen LogP contribution in [0.2, 0.25) is 0 Å². The fourth-order valence-electron chi connectivity index (χ4n) is 3.67. The third-order valence-corrected chi connectivity index (χ3v) is 5.61. The lowest BCUT2D eigenvalue weighted by Crippen LogP contribution is -2.51. The molecule has 1 fully saturated rings. The zero-order valence-corrected chi connectivity index (χ0v) is 17.8. The lowest BCUT2D eigenvalue weighted by molar-refractivity contribution is 0.178. The van der Waals surface area contributed by atoms with Gasteiger partial charge in [-0.15, -0.1) is 0 Å². The maximum atomic E-state index is 9.68. The zero-order valence-electron chi connectivity index (χ0n) is 16.2. The van der Waals surface area contributed by atoms with Gasteiger partial charge in [-0.3, -0.25) is 4.90 Å². The molecule has 1 saturated heterocycles. The van der Waals surface area contributed by atoms with E-state index in [4.69, 9.17) is 0 Å². The minimum Gasteiger partial charge on any atom is -0.368 e. The number of nitriles is 1. The van der Waals surface area contributed by atoms with Crippen molar-refractivity contribution in [2.45, 2.75) is 39.8 Å². The van der Waals surface area contributed by atoms with Crippen LogP contribution in [0.5, 0.6) is 0 Å². The molecule has 0 spiro atoms. The predicted molar refractivity (Wildman–Crippen MR) is 112 cm³/mol. The lowest BCUT2D eigenvalue weighted by atomic mass is 9.99. The fraction of sp³-hybridized carbons (Fsp3) is 0.476. The molecule has 0 radical (unpaired) electrons. The molecule has 1 aromatic carbocycles. The van der Waals surface area contributed by atoms with Crippen LogP contribution in [0.4, 0.5) is 5.69 Å². The molecular weight excluding hydrogens is 402 g/mol. The number of aromatic nitrogens is 2. The Morgan fingerprint density at radius 3 is 2.78 bits per heavy atom. The highest BCUT2D eigenvalue weighted by atomic mass is 79.9.